The van der Waals surface area contributed by atoms with Crippen LogP contribution in [0.1, 0.15) is 29.3 Å². The number of hydrogen-bond acceptors (Lipinski definition) is 5. The van der Waals surface area contributed by atoms with Crippen molar-refractivity contribution in [3.63, 3.8) is 0 Å². The molecule has 8 heteroatoms. The van der Waals surface area contributed by atoms with Gasteiger partial charge < -0.3 is 14.8 Å². The van der Waals surface area contributed by atoms with Crippen LogP contribution in [0.2, 0.25) is 5.02 Å². The number of nitrogens with zero attached hydrogens (tertiary/aromatic N) is 1. The molecule has 0 atom stereocenters. The fourth-order valence-corrected chi connectivity index (χ4v) is 2.41. The van der Waals surface area contributed by atoms with Gasteiger partial charge in [-0.05, 0) is 36.8 Å². The van der Waals surface area contributed by atoms with Gasteiger partial charge in [0.05, 0.1) is 20.6 Å². The number of benzene rings is 2. The second-order valence-electron chi connectivity index (χ2n) is 5.97. The molecule has 0 aromatic heterocycles. The van der Waals surface area contributed by atoms with Crippen LogP contribution in [0.5, 0.6) is 11.5 Å². The summed E-state index contributed by atoms with van der Waals surface area (Å²) in [7, 11) is 3.00. The molecule has 7 nitrogen and oxygen atoms in total. The van der Waals surface area contributed by atoms with E-state index in [1.165, 1.54) is 14.2 Å². The SMILES string of the molecule is COc1cc(OC)cc(C(=O)N/N=C(\C)CC(=O)NCc2ccc(Cl)cc2)c1. The van der Waals surface area contributed by atoms with Crippen molar-refractivity contribution in [1.82, 2.24) is 10.7 Å². The molecule has 2 aromatic carbocycles. The molecular weight excluding hydrogens is 382 g/mol. The van der Waals surface area contributed by atoms with E-state index in [1.54, 1.807) is 37.3 Å². The molecule has 0 heterocycles. The first-order valence-corrected chi connectivity index (χ1v) is 8.86. The number of carbonyl (C=O) groups excluding carboxylic acids is 2. The lowest BCUT2D eigenvalue weighted by Gasteiger charge is -2.08. The lowest BCUT2D eigenvalue weighted by atomic mass is 10.2. The van der Waals surface area contributed by atoms with E-state index in [2.05, 4.69) is 15.8 Å². The predicted molar refractivity (Wildman–Crippen MR) is 108 cm³/mol. The Bertz CT molecular complexity index is 844. The average Bonchev–Trinajstić information content (AvgIpc) is 2.71. The van der Waals surface area contributed by atoms with Crippen LogP contribution in [0, 0.1) is 0 Å². The van der Waals surface area contributed by atoms with E-state index in [9.17, 15) is 9.59 Å². The van der Waals surface area contributed by atoms with Gasteiger partial charge in [0.15, 0.2) is 0 Å². The molecule has 0 saturated heterocycles. The van der Waals surface area contributed by atoms with E-state index in [0.29, 0.717) is 34.3 Å². The smallest absolute Gasteiger partial charge is 0.271 e. The monoisotopic (exact) mass is 403 g/mol. The Balaban J connectivity index is 1.88. The molecule has 0 unspecified atom stereocenters. The maximum atomic E-state index is 12.3. The molecule has 0 aliphatic carbocycles. The fourth-order valence-electron chi connectivity index (χ4n) is 2.29. The molecule has 0 spiro atoms. The third-order valence-electron chi connectivity index (χ3n) is 3.78. The minimum absolute atomic E-state index is 0.0648. The number of halogens is 1. The number of nitrogens with one attached hydrogen (secondary N) is 2. The molecule has 28 heavy (non-hydrogen) atoms. The molecule has 0 saturated carbocycles. The van der Waals surface area contributed by atoms with Crippen molar-refractivity contribution in [2.24, 2.45) is 5.10 Å². The standard InChI is InChI=1S/C20H22ClN3O4/c1-13(8-19(25)22-12-14-4-6-16(21)7-5-14)23-24-20(26)15-9-17(27-2)11-18(10-15)28-3/h4-7,9-11H,8,12H2,1-3H3,(H,22,25)(H,24,26)/b23-13+. The Morgan fingerprint density at radius 1 is 1.04 bits per heavy atom. The van der Waals surface area contributed by atoms with Gasteiger partial charge in [-0.25, -0.2) is 5.43 Å². The highest BCUT2D eigenvalue weighted by Gasteiger charge is 2.10. The maximum absolute atomic E-state index is 12.3. The number of rotatable bonds is 8. The first-order chi connectivity index (χ1) is 13.4. The highest BCUT2D eigenvalue weighted by Crippen LogP contribution is 2.22. The lowest BCUT2D eigenvalue weighted by Crippen LogP contribution is -2.26. The number of hydrogen-bond donors (Lipinski definition) is 2. The summed E-state index contributed by atoms with van der Waals surface area (Å²) in [4.78, 5) is 24.3. The summed E-state index contributed by atoms with van der Waals surface area (Å²) in [6, 6.07) is 12.0. The Morgan fingerprint density at radius 2 is 1.64 bits per heavy atom. The van der Waals surface area contributed by atoms with Gasteiger partial charge in [0.25, 0.3) is 5.91 Å². The molecule has 148 valence electrons. The minimum atomic E-state index is -0.432. The van der Waals surface area contributed by atoms with E-state index in [0.717, 1.165) is 5.56 Å². The Labute approximate surface area is 168 Å². The first-order valence-electron chi connectivity index (χ1n) is 8.49. The predicted octanol–water partition coefficient (Wildman–Crippen LogP) is 3.17. The molecule has 0 radical (unpaired) electrons. The van der Waals surface area contributed by atoms with Gasteiger partial charge in [0, 0.05) is 28.9 Å². The topological polar surface area (TPSA) is 89.0 Å². The average molecular weight is 404 g/mol. The summed E-state index contributed by atoms with van der Waals surface area (Å²) >= 11 is 5.83. The summed E-state index contributed by atoms with van der Waals surface area (Å²) in [6.45, 7) is 2.05. The molecule has 0 aliphatic rings. The van der Waals surface area contributed by atoms with Gasteiger partial charge in [-0.1, -0.05) is 23.7 Å². The van der Waals surface area contributed by atoms with Crippen molar-refractivity contribution in [3.05, 3.63) is 58.6 Å². The van der Waals surface area contributed by atoms with Crippen LogP contribution >= 0.6 is 11.6 Å². The zero-order valence-electron chi connectivity index (χ0n) is 15.9. The third kappa shape index (κ3) is 6.59. The third-order valence-corrected chi connectivity index (χ3v) is 4.03. The second kappa shape index (κ2) is 10.3. The van der Waals surface area contributed by atoms with Crippen LogP contribution in [0.3, 0.4) is 0 Å². The van der Waals surface area contributed by atoms with Crippen molar-refractivity contribution in [2.75, 3.05) is 14.2 Å². The van der Waals surface area contributed by atoms with E-state index < -0.39 is 5.91 Å². The van der Waals surface area contributed by atoms with Gasteiger partial charge in [0.1, 0.15) is 11.5 Å². The van der Waals surface area contributed by atoms with Crippen LogP contribution in [0.4, 0.5) is 0 Å². The van der Waals surface area contributed by atoms with Crippen molar-refractivity contribution in [2.45, 2.75) is 19.9 Å². The van der Waals surface area contributed by atoms with Crippen molar-refractivity contribution in [3.8, 4) is 11.5 Å². The van der Waals surface area contributed by atoms with E-state index in [-0.39, 0.29) is 12.3 Å². The molecule has 2 rings (SSSR count). The summed E-state index contributed by atoms with van der Waals surface area (Å²) < 4.78 is 10.3. The zero-order valence-corrected chi connectivity index (χ0v) is 16.7. The van der Waals surface area contributed by atoms with Crippen molar-refractivity contribution >= 4 is 29.1 Å². The largest absolute Gasteiger partial charge is 0.497 e. The molecular formula is C20H22ClN3O4. The van der Waals surface area contributed by atoms with E-state index in [1.807, 2.05) is 12.1 Å². The Hall–Kier alpha value is -3.06. The summed E-state index contributed by atoms with van der Waals surface area (Å²) in [5.74, 6) is 0.352. The molecule has 2 amide bonds. The highest BCUT2D eigenvalue weighted by molar-refractivity contribution is 6.30. The van der Waals surface area contributed by atoms with Gasteiger partial charge in [-0.15, -0.1) is 0 Å². The van der Waals surface area contributed by atoms with E-state index in [4.69, 9.17) is 21.1 Å². The lowest BCUT2D eigenvalue weighted by molar-refractivity contribution is -0.120. The Kier molecular flexibility index (Phi) is 7.83. The summed E-state index contributed by atoms with van der Waals surface area (Å²) in [6.07, 6.45) is 0.0648. The fraction of sp³-hybridized carbons (Fsp3) is 0.250. The van der Waals surface area contributed by atoms with E-state index >= 15 is 0 Å². The number of hydrazone groups is 1. The van der Waals surface area contributed by atoms with Crippen LogP contribution in [0.15, 0.2) is 47.6 Å². The van der Waals surface area contributed by atoms with Gasteiger partial charge in [-0.2, -0.15) is 5.10 Å². The summed E-state index contributed by atoms with van der Waals surface area (Å²) in [5.41, 5.74) is 4.17. The normalized spacial score (nSPS) is 10.9. The highest BCUT2D eigenvalue weighted by atomic mass is 35.5. The number of ether oxygens (including phenoxy) is 2. The van der Waals surface area contributed by atoms with Crippen LogP contribution in [-0.2, 0) is 11.3 Å². The number of carbonyl (C=O) groups is 2. The van der Waals surface area contributed by atoms with Crippen molar-refractivity contribution < 1.29 is 19.1 Å². The quantitative estimate of drug-likeness (QED) is 0.523. The van der Waals surface area contributed by atoms with Crippen LogP contribution in [0.25, 0.3) is 0 Å². The van der Waals surface area contributed by atoms with Crippen molar-refractivity contribution in [1.29, 1.82) is 0 Å². The molecule has 2 aromatic rings. The number of methoxy groups -OCH3 is 2. The molecule has 0 aliphatic heterocycles. The maximum Gasteiger partial charge on any atom is 0.271 e. The minimum Gasteiger partial charge on any atom is -0.497 e. The van der Waals surface area contributed by atoms with Crippen LogP contribution in [-0.4, -0.2) is 31.7 Å². The Morgan fingerprint density at radius 3 is 2.21 bits per heavy atom. The van der Waals surface area contributed by atoms with Gasteiger partial charge >= 0.3 is 0 Å². The summed E-state index contributed by atoms with van der Waals surface area (Å²) in [5, 5.41) is 7.41. The molecule has 2 N–H and O–H groups in total. The molecule has 0 fully saturated rings. The number of amides is 2. The second-order valence-corrected chi connectivity index (χ2v) is 6.41. The van der Waals surface area contributed by atoms with Gasteiger partial charge in [-0.3, -0.25) is 9.59 Å². The zero-order chi connectivity index (χ0) is 20.5. The van der Waals surface area contributed by atoms with Gasteiger partial charge in [0.2, 0.25) is 5.91 Å². The van der Waals surface area contributed by atoms with Crippen LogP contribution < -0.4 is 20.2 Å². The molecule has 0 bridgehead atoms. The first kappa shape index (κ1) is 21.2.